The Balaban J connectivity index is 2.04. The SMILES string of the molecule is O=C(O)[C@H]1CSC(C=Cc2ccc(O)cc2)=N1. The quantitative estimate of drug-likeness (QED) is 0.859. The molecule has 1 atom stereocenters. The fraction of sp³-hybridized carbons (Fsp3) is 0.167. The zero-order valence-corrected chi connectivity index (χ0v) is 9.72. The summed E-state index contributed by atoms with van der Waals surface area (Å²) >= 11 is 1.43. The maximum atomic E-state index is 10.7. The Morgan fingerprint density at radius 3 is 2.65 bits per heavy atom. The molecule has 0 unspecified atom stereocenters. The first kappa shape index (κ1) is 11.7. The van der Waals surface area contributed by atoms with Crippen molar-refractivity contribution in [3.05, 3.63) is 35.9 Å². The molecule has 1 aliphatic heterocycles. The van der Waals surface area contributed by atoms with Gasteiger partial charge < -0.3 is 10.2 Å². The van der Waals surface area contributed by atoms with Gasteiger partial charge in [0.15, 0.2) is 6.04 Å². The summed E-state index contributed by atoms with van der Waals surface area (Å²) in [6, 6.07) is 6.13. The lowest BCUT2D eigenvalue weighted by atomic mass is 10.2. The molecule has 0 bridgehead atoms. The second kappa shape index (κ2) is 5.05. The van der Waals surface area contributed by atoms with E-state index in [1.54, 1.807) is 30.3 Å². The minimum Gasteiger partial charge on any atom is -0.508 e. The molecule has 2 rings (SSSR count). The molecular formula is C12H11NO3S. The molecule has 0 spiro atoms. The van der Waals surface area contributed by atoms with E-state index in [1.165, 1.54) is 11.8 Å². The van der Waals surface area contributed by atoms with Crippen LogP contribution in [0.3, 0.4) is 0 Å². The lowest BCUT2D eigenvalue weighted by molar-refractivity contribution is -0.137. The molecule has 0 saturated heterocycles. The van der Waals surface area contributed by atoms with Crippen molar-refractivity contribution in [1.29, 1.82) is 0 Å². The van der Waals surface area contributed by atoms with Crippen LogP contribution in [0.2, 0.25) is 0 Å². The molecule has 0 aliphatic carbocycles. The van der Waals surface area contributed by atoms with Gasteiger partial charge in [-0.1, -0.05) is 18.2 Å². The Labute approximate surface area is 103 Å². The number of carboxylic acids is 1. The summed E-state index contributed by atoms with van der Waals surface area (Å²) in [5, 5.41) is 18.6. The number of hydrogen-bond donors (Lipinski definition) is 2. The van der Waals surface area contributed by atoms with Crippen molar-refractivity contribution in [1.82, 2.24) is 0 Å². The van der Waals surface area contributed by atoms with Gasteiger partial charge in [-0.2, -0.15) is 0 Å². The van der Waals surface area contributed by atoms with Crippen molar-refractivity contribution >= 4 is 28.9 Å². The van der Waals surface area contributed by atoms with E-state index in [0.29, 0.717) is 5.75 Å². The number of rotatable bonds is 3. The zero-order chi connectivity index (χ0) is 12.3. The van der Waals surface area contributed by atoms with Crippen molar-refractivity contribution in [3.63, 3.8) is 0 Å². The van der Waals surface area contributed by atoms with E-state index in [2.05, 4.69) is 4.99 Å². The first-order valence-electron chi connectivity index (χ1n) is 5.05. The maximum absolute atomic E-state index is 10.7. The van der Waals surface area contributed by atoms with Gasteiger partial charge >= 0.3 is 5.97 Å². The summed E-state index contributed by atoms with van der Waals surface area (Å²) < 4.78 is 0. The summed E-state index contributed by atoms with van der Waals surface area (Å²) in [6.45, 7) is 0. The molecule has 2 N–H and O–H groups in total. The molecule has 0 amide bonds. The highest BCUT2D eigenvalue weighted by Gasteiger charge is 2.22. The highest BCUT2D eigenvalue weighted by atomic mass is 32.2. The van der Waals surface area contributed by atoms with Gasteiger partial charge in [-0.15, -0.1) is 11.8 Å². The number of aromatic hydroxyl groups is 1. The van der Waals surface area contributed by atoms with Crippen LogP contribution in [-0.2, 0) is 4.79 Å². The molecule has 1 aromatic rings. The average molecular weight is 249 g/mol. The van der Waals surface area contributed by atoms with Crippen LogP contribution in [0.1, 0.15) is 5.56 Å². The van der Waals surface area contributed by atoms with Gasteiger partial charge in [-0.25, -0.2) is 4.79 Å². The predicted molar refractivity (Wildman–Crippen MR) is 68.5 cm³/mol. The Hall–Kier alpha value is -1.75. The van der Waals surface area contributed by atoms with Crippen molar-refractivity contribution in [2.24, 2.45) is 4.99 Å². The number of phenols is 1. The van der Waals surface area contributed by atoms with Crippen molar-refractivity contribution in [2.45, 2.75) is 6.04 Å². The lowest BCUT2D eigenvalue weighted by Crippen LogP contribution is -2.16. The molecule has 1 aromatic carbocycles. The van der Waals surface area contributed by atoms with Gasteiger partial charge in [-0.3, -0.25) is 4.99 Å². The fourth-order valence-corrected chi connectivity index (χ4v) is 2.27. The number of hydrogen-bond acceptors (Lipinski definition) is 4. The van der Waals surface area contributed by atoms with E-state index in [4.69, 9.17) is 10.2 Å². The van der Waals surface area contributed by atoms with E-state index in [-0.39, 0.29) is 5.75 Å². The highest BCUT2D eigenvalue weighted by molar-refractivity contribution is 8.14. The summed E-state index contributed by atoms with van der Waals surface area (Å²) in [7, 11) is 0. The number of benzene rings is 1. The molecule has 0 fully saturated rings. The Morgan fingerprint density at radius 1 is 1.35 bits per heavy atom. The van der Waals surface area contributed by atoms with E-state index in [0.717, 1.165) is 10.6 Å². The van der Waals surface area contributed by atoms with Crippen molar-refractivity contribution in [2.75, 3.05) is 5.75 Å². The lowest BCUT2D eigenvalue weighted by Gasteiger charge is -1.94. The number of phenolic OH excluding ortho intramolecular Hbond substituents is 1. The Bertz CT molecular complexity index is 479. The van der Waals surface area contributed by atoms with E-state index in [9.17, 15) is 4.79 Å². The molecule has 0 saturated carbocycles. The molecule has 1 heterocycles. The Morgan fingerprint density at radius 2 is 2.06 bits per heavy atom. The summed E-state index contributed by atoms with van der Waals surface area (Å²) in [4.78, 5) is 14.8. The van der Waals surface area contributed by atoms with E-state index >= 15 is 0 Å². The van der Waals surface area contributed by atoms with E-state index < -0.39 is 12.0 Å². The van der Waals surface area contributed by atoms with Crippen LogP contribution in [0.15, 0.2) is 35.3 Å². The van der Waals surface area contributed by atoms with Crippen LogP contribution >= 0.6 is 11.8 Å². The second-order valence-electron chi connectivity index (χ2n) is 3.56. The Kier molecular flexibility index (Phi) is 3.49. The maximum Gasteiger partial charge on any atom is 0.329 e. The normalized spacial score (nSPS) is 19.5. The van der Waals surface area contributed by atoms with E-state index in [1.807, 2.05) is 6.08 Å². The van der Waals surface area contributed by atoms with Crippen LogP contribution in [0, 0.1) is 0 Å². The molecule has 4 nitrogen and oxygen atoms in total. The van der Waals surface area contributed by atoms with Gasteiger partial charge in [0.1, 0.15) is 5.75 Å². The average Bonchev–Trinajstić information content (AvgIpc) is 2.77. The molecule has 88 valence electrons. The molecule has 5 heteroatoms. The van der Waals surface area contributed by atoms with Crippen LogP contribution in [0.5, 0.6) is 5.75 Å². The van der Waals surface area contributed by atoms with Crippen LogP contribution in [0.25, 0.3) is 6.08 Å². The summed E-state index contributed by atoms with van der Waals surface area (Å²) in [5.74, 6) is -0.170. The summed E-state index contributed by atoms with van der Waals surface area (Å²) in [6.07, 6.45) is 3.63. The molecule has 1 aliphatic rings. The minimum atomic E-state index is -0.884. The molecular weight excluding hydrogens is 238 g/mol. The van der Waals surface area contributed by atoms with Gasteiger partial charge in [0.05, 0.1) is 5.04 Å². The third-order valence-corrected chi connectivity index (χ3v) is 3.29. The first-order valence-corrected chi connectivity index (χ1v) is 6.04. The topological polar surface area (TPSA) is 69.9 Å². The highest BCUT2D eigenvalue weighted by Crippen LogP contribution is 2.20. The van der Waals surface area contributed by atoms with Crippen LogP contribution in [0.4, 0.5) is 0 Å². The predicted octanol–water partition coefficient (Wildman–Crippen LogP) is 2.00. The van der Waals surface area contributed by atoms with Gasteiger partial charge in [0.2, 0.25) is 0 Å². The second-order valence-corrected chi connectivity index (χ2v) is 4.60. The fourth-order valence-electron chi connectivity index (χ4n) is 1.36. The third-order valence-electron chi connectivity index (χ3n) is 2.27. The number of thioether (sulfide) groups is 1. The molecule has 17 heavy (non-hydrogen) atoms. The number of aliphatic imine (C=N–C) groups is 1. The number of nitrogens with zero attached hydrogens (tertiary/aromatic N) is 1. The van der Waals surface area contributed by atoms with Crippen LogP contribution in [-0.4, -0.2) is 33.0 Å². The third kappa shape index (κ3) is 3.10. The van der Waals surface area contributed by atoms with Gasteiger partial charge in [0, 0.05) is 5.75 Å². The smallest absolute Gasteiger partial charge is 0.329 e. The molecule has 0 aromatic heterocycles. The molecule has 0 radical (unpaired) electrons. The zero-order valence-electron chi connectivity index (χ0n) is 8.91. The van der Waals surface area contributed by atoms with Gasteiger partial charge in [0.25, 0.3) is 0 Å². The van der Waals surface area contributed by atoms with Crippen molar-refractivity contribution < 1.29 is 15.0 Å². The van der Waals surface area contributed by atoms with Crippen LogP contribution < -0.4 is 0 Å². The van der Waals surface area contributed by atoms with Crippen molar-refractivity contribution in [3.8, 4) is 5.75 Å². The standard InChI is InChI=1S/C12H11NO3S/c14-9-4-1-8(2-5-9)3-6-11-13-10(7-17-11)12(15)16/h1-6,10,14H,7H2,(H,15,16)/t10-/m1/s1. The first-order chi connectivity index (χ1) is 8.15. The summed E-state index contributed by atoms with van der Waals surface area (Å²) in [5.41, 5.74) is 0.935. The number of aliphatic carboxylic acids is 1. The monoisotopic (exact) mass is 249 g/mol. The number of carboxylic acid groups (broad SMARTS) is 1. The number of carbonyl (C=O) groups is 1. The van der Waals surface area contributed by atoms with Gasteiger partial charge in [-0.05, 0) is 23.8 Å². The minimum absolute atomic E-state index is 0.223. The largest absolute Gasteiger partial charge is 0.508 e.